The number of aryl methyl sites for hydroxylation is 1. The van der Waals surface area contributed by atoms with E-state index in [1.54, 1.807) is 13.0 Å². The lowest BCUT2D eigenvalue weighted by atomic mass is 10.0. The predicted octanol–water partition coefficient (Wildman–Crippen LogP) is -1.16. The number of carbonyl (C=O) groups is 4. The lowest BCUT2D eigenvalue weighted by molar-refractivity contribution is -0.150. The number of hydroxylamine groups is 1. The Labute approximate surface area is 291 Å². The van der Waals surface area contributed by atoms with Gasteiger partial charge in [0.15, 0.2) is 29.0 Å². The van der Waals surface area contributed by atoms with Crippen LogP contribution in [0.1, 0.15) is 27.8 Å². The van der Waals surface area contributed by atoms with Gasteiger partial charge in [-0.25, -0.2) is 25.2 Å². The second-order valence-electron chi connectivity index (χ2n) is 10.4. The molecule has 3 amide bonds. The van der Waals surface area contributed by atoms with E-state index in [0.717, 1.165) is 27.0 Å². The number of nitrogen functional groups attached to an aromatic ring is 1. The Bertz CT molecular complexity index is 2200. The number of carboxylic acids is 1. The van der Waals surface area contributed by atoms with Crippen LogP contribution >= 0.6 is 34.9 Å². The molecular formula is C26H24N12O9S3. The van der Waals surface area contributed by atoms with E-state index in [-0.39, 0.29) is 57.8 Å². The Morgan fingerprint density at radius 3 is 2.72 bits per heavy atom. The van der Waals surface area contributed by atoms with Crippen LogP contribution in [0, 0.1) is 6.92 Å². The lowest BCUT2D eigenvalue weighted by Crippen LogP contribution is -2.71. The molecule has 2 atom stereocenters. The fourth-order valence-electron chi connectivity index (χ4n) is 4.82. The van der Waals surface area contributed by atoms with Crippen molar-refractivity contribution in [3.8, 4) is 5.75 Å². The number of nitrogens with zero attached hydrogens (tertiary/aromatic N) is 9. The number of anilines is 1. The maximum atomic E-state index is 13.5. The van der Waals surface area contributed by atoms with Crippen LogP contribution < -0.4 is 22.1 Å². The molecule has 0 unspecified atom stereocenters. The van der Waals surface area contributed by atoms with Gasteiger partial charge in [-0.15, -0.1) is 40.0 Å². The van der Waals surface area contributed by atoms with Gasteiger partial charge >= 0.3 is 11.9 Å². The number of carbonyl (C=O) groups excluding carboxylic acids is 3. The minimum absolute atomic E-state index is 0.0415. The summed E-state index contributed by atoms with van der Waals surface area (Å²) in [7, 11) is 1.36. The van der Waals surface area contributed by atoms with Gasteiger partial charge in [0.2, 0.25) is 5.82 Å². The number of hydrogen-bond donors (Lipinski definition) is 6. The van der Waals surface area contributed by atoms with Crippen molar-refractivity contribution < 1.29 is 39.4 Å². The highest BCUT2D eigenvalue weighted by atomic mass is 32.2. The van der Waals surface area contributed by atoms with Crippen molar-refractivity contribution >= 4 is 75.2 Å². The number of thiazole rings is 1. The lowest BCUT2D eigenvalue weighted by Gasteiger charge is -2.49. The number of amides is 3. The van der Waals surface area contributed by atoms with E-state index in [1.807, 2.05) is 0 Å². The third-order valence-electron chi connectivity index (χ3n) is 7.22. The summed E-state index contributed by atoms with van der Waals surface area (Å²) in [5.41, 5.74) is 6.93. The second-order valence-corrected chi connectivity index (χ2v) is 13.4. The summed E-state index contributed by atoms with van der Waals surface area (Å²) >= 11 is 3.45. The monoisotopic (exact) mass is 744 g/mol. The molecule has 2 aliphatic heterocycles. The van der Waals surface area contributed by atoms with Crippen molar-refractivity contribution in [1.82, 2.24) is 49.8 Å². The molecule has 4 aromatic rings. The third kappa shape index (κ3) is 6.42. The van der Waals surface area contributed by atoms with Crippen molar-refractivity contribution in [2.24, 2.45) is 12.2 Å². The maximum absolute atomic E-state index is 13.5. The van der Waals surface area contributed by atoms with Crippen molar-refractivity contribution in [3.63, 3.8) is 0 Å². The van der Waals surface area contributed by atoms with Gasteiger partial charge in [-0.2, -0.15) is 9.50 Å². The molecule has 50 heavy (non-hydrogen) atoms. The molecular weight excluding hydrogens is 721 g/mol. The van der Waals surface area contributed by atoms with Crippen LogP contribution in [0.4, 0.5) is 5.13 Å². The van der Waals surface area contributed by atoms with Gasteiger partial charge in [-0.1, -0.05) is 5.16 Å². The Hall–Kier alpha value is -5.59. The van der Waals surface area contributed by atoms with Crippen molar-refractivity contribution in [3.05, 3.63) is 62.3 Å². The zero-order valence-electron chi connectivity index (χ0n) is 25.6. The smallest absolute Gasteiger partial charge is 0.352 e. The SMILES string of the molecule is Cc1cc(SCC2=C(C(=O)O)N3C(=O)[C@@H](NC(=O)/C(=N/OCc4ncc(O)c(=O)n4C)c4csc(N)n4)[C@H]3SC2)n2nc(C(=O)NO)nc2n1. The minimum Gasteiger partial charge on any atom is -0.502 e. The van der Waals surface area contributed by atoms with Crippen LogP contribution in [0.5, 0.6) is 5.75 Å². The maximum Gasteiger partial charge on any atom is 0.352 e. The molecule has 24 heteroatoms. The Morgan fingerprint density at radius 1 is 1.24 bits per heavy atom. The molecule has 7 N–H and O–H groups in total. The largest absolute Gasteiger partial charge is 0.502 e. The highest BCUT2D eigenvalue weighted by Gasteiger charge is 2.54. The number of oxime groups is 1. The van der Waals surface area contributed by atoms with E-state index >= 15 is 0 Å². The van der Waals surface area contributed by atoms with Gasteiger partial charge in [0, 0.05) is 29.6 Å². The van der Waals surface area contributed by atoms with E-state index in [4.69, 9.17) is 15.8 Å². The van der Waals surface area contributed by atoms with Gasteiger partial charge in [-0.05, 0) is 18.6 Å². The van der Waals surface area contributed by atoms with Crippen molar-refractivity contribution in [1.29, 1.82) is 0 Å². The molecule has 21 nitrogen and oxygen atoms in total. The molecule has 0 spiro atoms. The van der Waals surface area contributed by atoms with Crippen LogP contribution in [0.25, 0.3) is 5.78 Å². The number of carboxylic acid groups (broad SMARTS) is 1. The van der Waals surface area contributed by atoms with Crippen LogP contribution in [0.3, 0.4) is 0 Å². The average molecular weight is 745 g/mol. The van der Waals surface area contributed by atoms with Crippen LogP contribution in [-0.2, 0) is 32.9 Å². The van der Waals surface area contributed by atoms with Gasteiger partial charge < -0.3 is 26.1 Å². The van der Waals surface area contributed by atoms with E-state index < -0.39 is 46.4 Å². The number of aliphatic carboxylic acids is 1. The van der Waals surface area contributed by atoms with Crippen LogP contribution in [0.15, 0.2) is 43.9 Å². The molecule has 0 saturated carbocycles. The molecule has 260 valence electrons. The molecule has 6 rings (SSSR count). The summed E-state index contributed by atoms with van der Waals surface area (Å²) in [4.78, 5) is 85.7. The fraction of sp³-hybridized carbons (Fsp3) is 0.269. The van der Waals surface area contributed by atoms with Gasteiger partial charge in [-0.3, -0.25) is 33.9 Å². The molecule has 6 heterocycles. The summed E-state index contributed by atoms with van der Waals surface area (Å²) in [6, 6.07) is 0.541. The number of β-lactam (4-membered cyclic amide) rings is 1. The quantitative estimate of drug-likeness (QED) is 0.0264. The number of aromatic hydroxyl groups is 1. The second kappa shape index (κ2) is 13.7. The van der Waals surface area contributed by atoms with Crippen molar-refractivity contribution in [2.45, 2.75) is 30.0 Å². The first-order valence-electron chi connectivity index (χ1n) is 14.1. The topological polar surface area (TPSA) is 295 Å². The summed E-state index contributed by atoms with van der Waals surface area (Å²) in [6.07, 6.45) is 0.950. The Morgan fingerprint density at radius 2 is 2.02 bits per heavy atom. The van der Waals surface area contributed by atoms with Gasteiger partial charge in [0.1, 0.15) is 27.8 Å². The van der Waals surface area contributed by atoms with Gasteiger partial charge in [0.05, 0.1) is 6.20 Å². The molecule has 0 radical (unpaired) electrons. The number of rotatable bonds is 11. The Kier molecular flexibility index (Phi) is 9.41. The van der Waals surface area contributed by atoms with E-state index in [9.17, 15) is 34.2 Å². The first-order chi connectivity index (χ1) is 23.9. The van der Waals surface area contributed by atoms with Crippen LogP contribution in [0.2, 0.25) is 0 Å². The predicted molar refractivity (Wildman–Crippen MR) is 174 cm³/mol. The zero-order valence-corrected chi connectivity index (χ0v) is 28.1. The molecule has 2 aliphatic rings. The molecule has 1 fully saturated rings. The standard InChI is InChI=1S/C26H24N12O9S3/c1-9-3-14(38-26(29-9)32-18(33-38)20(41)34-46)48-6-10-7-49-23-16(22(43)37(23)17(10)24(44)45)31-19(40)15(11-8-50-25(27)30-11)35-47-5-13-28-4-12(39)21(42)36(13)2/h3-4,8,16,23,39,46H,5-7H2,1-2H3,(H2,27,30)(H,31,40)(H,34,41)(H,44,45)/b35-15+/t16-,23-/m1/s1. The summed E-state index contributed by atoms with van der Waals surface area (Å²) < 4.78 is 2.32. The van der Waals surface area contributed by atoms with E-state index in [1.165, 1.54) is 45.9 Å². The number of fused-ring (bicyclic) bond motifs is 2. The Balaban J connectivity index is 1.19. The average Bonchev–Trinajstić information content (AvgIpc) is 3.72. The minimum atomic E-state index is -1.34. The molecule has 0 aromatic carbocycles. The van der Waals surface area contributed by atoms with Crippen molar-refractivity contribution in [2.75, 3.05) is 17.2 Å². The highest BCUT2D eigenvalue weighted by molar-refractivity contribution is 8.01. The van der Waals surface area contributed by atoms with E-state index in [2.05, 4.69) is 35.5 Å². The fourth-order valence-corrected chi connectivity index (χ4v) is 7.91. The number of nitrogens with two attached hydrogens (primary N) is 1. The number of hydrogen-bond acceptors (Lipinski definition) is 18. The molecule has 1 saturated heterocycles. The molecule has 0 bridgehead atoms. The van der Waals surface area contributed by atoms with E-state index in [0.29, 0.717) is 16.3 Å². The zero-order chi connectivity index (χ0) is 35.9. The summed E-state index contributed by atoms with van der Waals surface area (Å²) in [5, 5.41) is 40.5. The first-order valence-corrected chi connectivity index (χ1v) is 17.0. The number of nitrogens with one attached hydrogen (secondary N) is 2. The summed E-state index contributed by atoms with van der Waals surface area (Å²) in [5.74, 6) is -4.21. The number of aromatic nitrogens is 7. The van der Waals surface area contributed by atoms with Gasteiger partial charge in [0.25, 0.3) is 23.2 Å². The molecule has 0 aliphatic carbocycles. The first kappa shape index (κ1) is 34.3. The highest BCUT2D eigenvalue weighted by Crippen LogP contribution is 2.41. The van der Waals surface area contributed by atoms with Crippen LogP contribution in [-0.4, -0.2) is 107 Å². The third-order valence-corrected chi connectivity index (χ3v) is 10.3. The normalized spacial score (nSPS) is 17.4. The number of thioether (sulfide) groups is 2. The summed E-state index contributed by atoms with van der Waals surface area (Å²) in [6.45, 7) is 1.33. The molecule has 4 aromatic heterocycles.